The largest absolute Gasteiger partial charge is 0.461 e. The van der Waals surface area contributed by atoms with Gasteiger partial charge in [-0.15, -0.1) is 0 Å². The number of esters is 7. The van der Waals surface area contributed by atoms with Crippen molar-refractivity contribution in [3.8, 4) is 0 Å². The van der Waals surface area contributed by atoms with Crippen LogP contribution in [0.25, 0.3) is 0 Å². The first-order valence-corrected chi connectivity index (χ1v) is 18.1. The van der Waals surface area contributed by atoms with E-state index in [1.807, 2.05) is 0 Å². The SMILES string of the molecule is CC(=O)OCC(=O)O[C@@H]1[C@H]2[C@@H](OC(=O)c3ccccc3)[C@@H](C)C[C@]2(O)[C@H](OC(C)=O)[C@@]2(C)[C@@H]3[C@@H](C[C@@]1(OC(C)=O)[C@H]2OC(C)=O)C(=O)C(C)(C)[C@H]3OC(C)=O. The summed E-state index contributed by atoms with van der Waals surface area (Å²) in [6.07, 6.45) is -9.00. The van der Waals surface area contributed by atoms with E-state index in [2.05, 4.69) is 0 Å². The Hall–Kier alpha value is -4.86. The first-order chi connectivity index (χ1) is 25.5. The van der Waals surface area contributed by atoms with Crippen molar-refractivity contribution >= 4 is 47.6 Å². The molecule has 0 amide bonds. The maximum Gasteiger partial charge on any atom is 0.344 e. The summed E-state index contributed by atoms with van der Waals surface area (Å²) >= 11 is 0. The number of carbonyl (C=O) groups excluding carboxylic acids is 8. The van der Waals surface area contributed by atoms with Crippen LogP contribution in [-0.4, -0.2) is 101 Å². The monoisotopic (exact) mass is 772 g/mol. The molecule has 4 fully saturated rings. The average molecular weight is 773 g/mol. The van der Waals surface area contributed by atoms with Gasteiger partial charge in [0.25, 0.3) is 0 Å². The molecule has 2 bridgehead atoms. The molecule has 1 aromatic rings. The second-order valence-electron chi connectivity index (χ2n) is 16.0. The highest BCUT2D eigenvalue weighted by Crippen LogP contribution is 2.69. The number of rotatable bonds is 9. The van der Waals surface area contributed by atoms with Crippen LogP contribution in [0.15, 0.2) is 30.3 Å². The van der Waals surface area contributed by atoms with Crippen molar-refractivity contribution in [1.29, 1.82) is 0 Å². The summed E-state index contributed by atoms with van der Waals surface area (Å²) in [4.78, 5) is 106. The van der Waals surface area contributed by atoms with E-state index in [4.69, 9.17) is 33.2 Å². The van der Waals surface area contributed by atoms with E-state index in [1.165, 1.54) is 19.1 Å². The summed E-state index contributed by atoms with van der Waals surface area (Å²) in [5.74, 6) is -11.8. The third-order valence-corrected chi connectivity index (χ3v) is 11.8. The van der Waals surface area contributed by atoms with E-state index in [0.29, 0.717) is 0 Å². The predicted molar refractivity (Wildman–Crippen MR) is 184 cm³/mol. The highest BCUT2D eigenvalue weighted by atomic mass is 16.6. The van der Waals surface area contributed by atoms with Crippen LogP contribution < -0.4 is 0 Å². The zero-order valence-corrected chi connectivity index (χ0v) is 32.3. The summed E-state index contributed by atoms with van der Waals surface area (Å²) in [5, 5.41) is 13.4. The Balaban J connectivity index is 1.90. The number of ketones is 1. The van der Waals surface area contributed by atoms with Gasteiger partial charge in [-0.3, -0.25) is 28.8 Å². The van der Waals surface area contributed by atoms with Crippen LogP contribution in [0.4, 0.5) is 0 Å². The Morgan fingerprint density at radius 3 is 1.84 bits per heavy atom. The van der Waals surface area contributed by atoms with E-state index in [0.717, 1.165) is 34.6 Å². The second-order valence-corrected chi connectivity index (χ2v) is 16.0. The van der Waals surface area contributed by atoms with Gasteiger partial charge in [-0.05, 0) is 38.3 Å². The van der Waals surface area contributed by atoms with Crippen molar-refractivity contribution in [3.63, 3.8) is 0 Å². The Bertz CT molecular complexity index is 1770. The van der Waals surface area contributed by atoms with Crippen molar-refractivity contribution in [1.82, 2.24) is 0 Å². The molecule has 55 heavy (non-hydrogen) atoms. The van der Waals surface area contributed by atoms with Gasteiger partial charge in [0.2, 0.25) is 0 Å². The van der Waals surface area contributed by atoms with Crippen LogP contribution in [0.1, 0.15) is 85.5 Å². The molecule has 16 heteroatoms. The van der Waals surface area contributed by atoms with Crippen molar-refractivity contribution in [2.75, 3.05) is 6.61 Å². The summed E-state index contributed by atoms with van der Waals surface area (Å²) in [6.45, 7) is 10.6. The fourth-order valence-electron chi connectivity index (χ4n) is 10.2. The Morgan fingerprint density at radius 1 is 0.709 bits per heavy atom. The molecule has 0 heterocycles. The minimum absolute atomic E-state index is 0.128. The molecule has 0 saturated heterocycles. The minimum atomic E-state index is -2.38. The van der Waals surface area contributed by atoms with Gasteiger partial charge in [0.15, 0.2) is 24.4 Å². The number of aliphatic hydroxyl groups is 1. The van der Waals surface area contributed by atoms with Crippen molar-refractivity contribution in [2.45, 2.75) is 117 Å². The molecular formula is C39H48O16. The fourth-order valence-corrected chi connectivity index (χ4v) is 10.2. The van der Waals surface area contributed by atoms with Gasteiger partial charge >= 0.3 is 41.8 Å². The van der Waals surface area contributed by atoms with Gasteiger partial charge in [-0.1, -0.05) is 32.0 Å². The lowest BCUT2D eigenvalue weighted by molar-refractivity contribution is -0.276. The third kappa shape index (κ3) is 6.97. The number of benzene rings is 1. The Kier molecular flexibility index (Phi) is 11.0. The summed E-state index contributed by atoms with van der Waals surface area (Å²) in [7, 11) is 0. The molecular weight excluding hydrogens is 724 g/mol. The molecule has 12 atom stereocenters. The molecule has 4 saturated carbocycles. The van der Waals surface area contributed by atoms with Crippen molar-refractivity contribution in [2.24, 2.45) is 34.5 Å². The first kappa shape index (κ1) is 41.3. The number of hydrogen-bond donors (Lipinski definition) is 1. The summed E-state index contributed by atoms with van der Waals surface area (Å²) in [6, 6.07) is 7.88. The molecule has 0 spiro atoms. The highest BCUT2D eigenvalue weighted by Gasteiger charge is 2.84. The lowest BCUT2D eigenvalue weighted by Gasteiger charge is -2.58. The lowest BCUT2D eigenvalue weighted by Crippen LogP contribution is -2.72. The maximum atomic E-state index is 14.6. The number of Topliss-reactive ketones (excluding diaryl/α,β-unsaturated/α-hetero) is 1. The molecule has 0 aromatic heterocycles. The minimum Gasteiger partial charge on any atom is -0.461 e. The van der Waals surface area contributed by atoms with Crippen molar-refractivity contribution in [3.05, 3.63) is 35.9 Å². The van der Waals surface area contributed by atoms with Gasteiger partial charge in [-0.25, -0.2) is 9.59 Å². The molecule has 1 aromatic carbocycles. The first-order valence-electron chi connectivity index (χ1n) is 18.1. The molecule has 4 aliphatic carbocycles. The van der Waals surface area contributed by atoms with Gasteiger partial charge in [0.1, 0.15) is 29.7 Å². The van der Waals surface area contributed by atoms with E-state index in [1.54, 1.807) is 39.0 Å². The number of ether oxygens (including phenoxy) is 7. The van der Waals surface area contributed by atoms with Crippen LogP contribution in [0.2, 0.25) is 0 Å². The number of carbonyl (C=O) groups is 8. The highest BCUT2D eigenvalue weighted by molar-refractivity contribution is 5.91. The topological polar surface area (TPSA) is 221 Å². The smallest absolute Gasteiger partial charge is 0.344 e. The zero-order chi connectivity index (χ0) is 41.0. The maximum absolute atomic E-state index is 14.6. The molecule has 1 N–H and O–H groups in total. The lowest BCUT2D eigenvalue weighted by atomic mass is 9.53. The summed E-state index contributed by atoms with van der Waals surface area (Å²) in [5.41, 5.74) is -8.05. The molecule has 0 unspecified atom stereocenters. The number of fused-ring (bicyclic) bond motifs is 5. The third-order valence-electron chi connectivity index (χ3n) is 11.8. The van der Waals surface area contributed by atoms with E-state index < -0.39 is 137 Å². The molecule has 0 aliphatic heterocycles. The van der Waals surface area contributed by atoms with Crippen molar-refractivity contribution < 1.29 is 76.6 Å². The molecule has 300 valence electrons. The van der Waals surface area contributed by atoms with E-state index in [9.17, 15) is 43.5 Å². The second kappa shape index (κ2) is 14.7. The van der Waals surface area contributed by atoms with Gasteiger partial charge in [-0.2, -0.15) is 0 Å². The van der Waals surface area contributed by atoms with Crippen LogP contribution in [0.5, 0.6) is 0 Å². The van der Waals surface area contributed by atoms with Gasteiger partial charge < -0.3 is 38.3 Å². The summed E-state index contributed by atoms with van der Waals surface area (Å²) < 4.78 is 41.5. The van der Waals surface area contributed by atoms with Gasteiger partial charge in [0.05, 0.1) is 22.3 Å². The molecule has 5 rings (SSSR count). The predicted octanol–water partition coefficient (Wildman–Crippen LogP) is 2.44. The molecule has 16 nitrogen and oxygen atoms in total. The fraction of sp³-hybridized carbons (Fsp3) is 0.641. The Labute approximate surface area is 317 Å². The van der Waals surface area contributed by atoms with E-state index >= 15 is 0 Å². The van der Waals surface area contributed by atoms with E-state index in [-0.39, 0.29) is 12.0 Å². The van der Waals surface area contributed by atoms with Crippen LogP contribution in [0, 0.1) is 34.5 Å². The quantitative estimate of drug-likeness (QED) is 0.281. The number of hydrogen-bond acceptors (Lipinski definition) is 16. The van der Waals surface area contributed by atoms with Crippen LogP contribution in [-0.2, 0) is 66.7 Å². The molecule has 0 radical (unpaired) electrons. The molecule has 4 aliphatic rings. The Morgan fingerprint density at radius 2 is 1.29 bits per heavy atom. The van der Waals surface area contributed by atoms with Crippen LogP contribution in [0.3, 0.4) is 0 Å². The normalized spacial score (nSPS) is 36.8. The van der Waals surface area contributed by atoms with Gasteiger partial charge in [0, 0.05) is 52.9 Å². The van der Waals surface area contributed by atoms with Crippen LogP contribution >= 0.6 is 0 Å². The average Bonchev–Trinajstić information content (AvgIpc) is 3.42. The standard InChI is InChI=1S/C39H48O16/c1-18-15-38(48)28(29(18)54-33(47)24-13-11-10-12-14-24)32(53-26(45)17-49-19(2)40)39(55-23(6)44)16-25-27(31(50-20(3)41)36(7,8)30(25)46)37(9,34(38)51-21(4)42)35(39)52-22(5)43/h10-14,18,25,27-29,31-32,34-35,48H,15-17H2,1-9H3/t18-,25+,27+,28+,29-,31-,32+,34+,35-,37+,38+,39-/m0/s1. The zero-order valence-electron chi connectivity index (χ0n) is 32.3.